The summed E-state index contributed by atoms with van der Waals surface area (Å²) >= 11 is 0. The summed E-state index contributed by atoms with van der Waals surface area (Å²) < 4.78 is 4.72. The predicted octanol–water partition coefficient (Wildman–Crippen LogP) is 2.17. The highest BCUT2D eigenvalue weighted by Crippen LogP contribution is 2.28. The standard InChI is InChI=1S/C19H18N2O4/c1-21-16-8-7-12(9-13(16)11-18(21)23)10-17(22)20-15-6-4-3-5-14(15)19(24)25-2/h3-9H,10-11H2,1-2H3,(H,20,22). The maximum Gasteiger partial charge on any atom is 0.339 e. The lowest BCUT2D eigenvalue weighted by Gasteiger charge is -2.11. The first kappa shape index (κ1) is 16.7. The van der Waals surface area contributed by atoms with E-state index in [-0.39, 0.29) is 18.2 Å². The Morgan fingerprint density at radius 3 is 2.72 bits per heavy atom. The van der Waals surface area contributed by atoms with Crippen LogP contribution in [0.4, 0.5) is 11.4 Å². The Hall–Kier alpha value is -3.15. The molecule has 128 valence electrons. The molecule has 0 bridgehead atoms. The van der Waals surface area contributed by atoms with Gasteiger partial charge in [-0.15, -0.1) is 0 Å². The Morgan fingerprint density at radius 2 is 1.96 bits per heavy atom. The number of rotatable bonds is 4. The minimum absolute atomic E-state index is 0.0450. The number of ether oxygens (including phenoxy) is 1. The molecule has 1 heterocycles. The van der Waals surface area contributed by atoms with Gasteiger partial charge in [0.05, 0.1) is 31.2 Å². The SMILES string of the molecule is COC(=O)c1ccccc1NC(=O)Cc1ccc2c(c1)CC(=O)N2C. The lowest BCUT2D eigenvalue weighted by atomic mass is 10.1. The zero-order valence-electron chi connectivity index (χ0n) is 14.0. The average Bonchev–Trinajstić information content (AvgIpc) is 2.88. The van der Waals surface area contributed by atoms with Gasteiger partial charge in [-0.25, -0.2) is 4.79 Å². The topological polar surface area (TPSA) is 75.7 Å². The number of hydrogen-bond acceptors (Lipinski definition) is 4. The number of esters is 1. The normalized spacial score (nSPS) is 12.7. The number of nitrogens with one attached hydrogen (secondary N) is 1. The number of fused-ring (bicyclic) bond motifs is 1. The zero-order chi connectivity index (χ0) is 18.0. The molecule has 25 heavy (non-hydrogen) atoms. The van der Waals surface area contributed by atoms with E-state index in [0.29, 0.717) is 17.7 Å². The van der Waals surface area contributed by atoms with Crippen molar-refractivity contribution in [3.63, 3.8) is 0 Å². The van der Waals surface area contributed by atoms with E-state index in [2.05, 4.69) is 5.32 Å². The molecule has 0 atom stereocenters. The van der Waals surface area contributed by atoms with E-state index in [0.717, 1.165) is 16.8 Å². The van der Waals surface area contributed by atoms with Gasteiger partial charge in [0, 0.05) is 12.7 Å². The zero-order valence-corrected chi connectivity index (χ0v) is 14.0. The van der Waals surface area contributed by atoms with E-state index >= 15 is 0 Å². The highest BCUT2D eigenvalue weighted by Gasteiger charge is 2.24. The molecule has 0 spiro atoms. The molecule has 2 amide bonds. The number of benzene rings is 2. The average molecular weight is 338 g/mol. The molecule has 1 aliphatic heterocycles. The molecular formula is C19H18N2O4. The Kier molecular flexibility index (Phi) is 4.52. The van der Waals surface area contributed by atoms with Crippen molar-refractivity contribution in [2.45, 2.75) is 12.8 Å². The first-order valence-electron chi connectivity index (χ1n) is 7.85. The monoisotopic (exact) mass is 338 g/mol. The van der Waals surface area contributed by atoms with Crippen molar-refractivity contribution in [1.29, 1.82) is 0 Å². The van der Waals surface area contributed by atoms with Crippen molar-refractivity contribution in [3.8, 4) is 0 Å². The Bertz CT molecular complexity index is 860. The number of methoxy groups -OCH3 is 1. The third kappa shape index (κ3) is 3.38. The van der Waals surface area contributed by atoms with Gasteiger partial charge in [-0.05, 0) is 29.3 Å². The summed E-state index contributed by atoms with van der Waals surface area (Å²) in [5.74, 6) is -0.701. The van der Waals surface area contributed by atoms with Crippen molar-refractivity contribution >= 4 is 29.2 Å². The maximum atomic E-state index is 12.3. The van der Waals surface area contributed by atoms with E-state index in [1.54, 1.807) is 36.2 Å². The lowest BCUT2D eigenvalue weighted by molar-refractivity contribution is -0.117. The van der Waals surface area contributed by atoms with Crippen molar-refractivity contribution < 1.29 is 19.1 Å². The number of likely N-dealkylation sites (N-methyl/N-ethyl adjacent to an activating group) is 1. The van der Waals surface area contributed by atoms with Gasteiger partial charge in [-0.3, -0.25) is 9.59 Å². The molecule has 0 saturated carbocycles. The molecule has 0 saturated heterocycles. The molecular weight excluding hydrogens is 320 g/mol. The maximum absolute atomic E-state index is 12.3. The fourth-order valence-corrected chi connectivity index (χ4v) is 2.89. The molecule has 0 radical (unpaired) electrons. The summed E-state index contributed by atoms with van der Waals surface area (Å²) in [5.41, 5.74) is 3.34. The number of carbonyl (C=O) groups excluding carboxylic acids is 3. The first-order valence-corrected chi connectivity index (χ1v) is 7.85. The van der Waals surface area contributed by atoms with Crippen molar-refractivity contribution in [2.24, 2.45) is 0 Å². The van der Waals surface area contributed by atoms with E-state index < -0.39 is 5.97 Å². The fraction of sp³-hybridized carbons (Fsp3) is 0.211. The number of anilines is 2. The molecule has 6 nitrogen and oxygen atoms in total. The molecule has 3 rings (SSSR count). The van der Waals surface area contributed by atoms with E-state index in [9.17, 15) is 14.4 Å². The highest BCUT2D eigenvalue weighted by molar-refractivity contribution is 6.02. The fourth-order valence-electron chi connectivity index (χ4n) is 2.89. The van der Waals surface area contributed by atoms with Gasteiger partial charge in [0.1, 0.15) is 0 Å². The van der Waals surface area contributed by atoms with Crippen LogP contribution < -0.4 is 10.2 Å². The first-order chi connectivity index (χ1) is 12.0. The lowest BCUT2D eigenvalue weighted by Crippen LogP contribution is -2.20. The van der Waals surface area contributed by atoms with Gasteiger partial charge < -0.3 is 15.0 Å². The summed E-state index contributed by atoms with van der Waals surface area (Å²) in [6.45, 7) is 0. The van der Waals surface area contributed by atoms with Crippen molar-refractivity contribution in [2.75, 3.05) is 24.4 Å². The molecule has 1 N–H and O–H groups in total. The van der Waals surface area contributed by atoms with Gasteiger partial charge in [0.2, 0.25) is 11.8 Å². The molecule has 0 unspecified atom stereocenters. The van der Waals surface area contributed by atoms with Crippen molar-refractivity contribution in [3.05, 3.63) is 59.2 Å². The molecule has 6 heteroatoms. The second-order valence-corrected chi connectivity index (χ2v) is 5.85. The molecule has 0 fully saturated rings. The van der Waals surface area contributed by atoms with Gasteiger partial charge in [0.15, 0.2) is 0 Å². The molecule has 0 aromatic heterocycles. The van der Waals surface area contributed by atoms with Crippen LogP contribution in [0.3, 0.4) is 0 Å². The summed E-state index contributed by atoms with van der Waals surface area (Å²) in [6.07, 6.45) is 0.507. The van der Waals surface area contributed by atoms with Crippen LogP contribution in [0.15, 0.2) is 42.5 Å². The van der Waals surface area contributed by atoms with Crippen LogP contribution in [-0.4, -0.2) is 31.9 Å². The van der Waals surface area contributed by atoms with Crippen molar-refractivity contribution in [1.82, 2.24) is 0 Å². The summed E-state index contributed by atoms with van der Waals surface area (Å²) in [5, 5.41) is 2.74. The van der Waals surface area contributed by atoms with E-state index in [1.165, 1.54) is 7.11 Å². The Labute approximate surface area is 145 Å². The van der Waals surface area contributed by atoms with Gasteiger partial charge in [0.25, 0.3) is 0 Å². The summed E-state index contributed by atoms with van der Waals surface area (Å²) in [6, 6.07) is 12.3. The van der Waals surface area contributed by atoms with E-state index in [4.69, 9.17) is 4.74 Å². The van der Waals surface area contributed by atoms with Gasteiger partial charge in [-0.1, -0.05) is 24.3 Å². The molecule has 1 aliphatic rings. The Morgan fingerprint density at radius 1 is 1.20 bits per heavy atom. The van der Waals surface area contributed by atoms with Crippen LogP contribution in [0, 0.1) is 0 Å². The van der Waals surface area contributed by atoms with Crippen LogP contribution in [-0.2, 0) is 27.2 Å². The predicted molar refractivity (Wildman–Crippen MR) is 93.7 cm³/mol. The molecule has 2 aromatic carbocycles. The minimum Gasteiger partial charge on any atom is -0.465 e. The van der Waals surface area contributed by atoms with E-state index in [1.807, 2.05) is 18.2 Å². The molecule has 0 aliphatic carbocycles. The second-order valence-electron chi connectivity index (χ2n) is 5.85. The van der Waals surface area contributed by atoms with Crippen LogP contribution >= 0.6 is 0 Å². The largest absolute Gasteiger partial charge is 0.465 e. The third-order valence-electron chi connectivity index (χ3n) is 4.19. The van der Waals surface area contributed by atoms with Crippen LogP contribution in [0.2, 0.25) is 0 Å². The van der Waals surface area contributed by atoms with Gasteiger partial charge >= 0.3 is 5.97 Å². The minimum atomic E-state index is -0.505. The number of carbonyl (C=O) groups is 3. The smallest absolute Gasteiger partial charge is 0.339 e. The Balaban J connectivity index is 1.73. The number of para-hydroxylation sites is 1. The third-order valence-corrected chi connectivity index (χ3v) is 4.19. The quantitative estimate of drug-likeness (QED) is 0.867. The van der Waals surface area contributed by atoms with Gasteiger partial charge in [-0.2, -0.15) is 0 Å². The van der Waals surface area contributed by atoms with Crippen LogP contribution in [0.25, 0.3) is 0 Å². The molecule has 2 aromatic rings. The van der Waals surface area contributed by atoms with Crippen LogP contribution in [0.1, 0.15) is 21.5 Å². The second kappa shape index (κ2) is 6.76. The number of hydrogen-bond donors (Lipinski definition) is 1. The summed E-state index contributed by atoms with van der Waals surface area (Å²) in [7, 11) is 3.04. The highest BCUT2D eigenvalue weighted by atomic mass is 16.5. The number of amides is 2. The van der Waals surface area contributed by atoms with Crippen LogP contribution in [0.5, 0.6) is 0 Å². The summed E-state index contributed by atoms with van der Waals surface area (Å²) in [4.78, 5) is 37.4. The number of nitrogens with zero attached hydrogens (tertiary/aromatic N) is 1.